The summed E-state index contributed by atoms with van der Waals surface area (Å²) in [5, 5.41) is 7.95. The predicted molar refractivity (Wildman–Crippen MR) is 125 cm³/mol. The second-order valence-corrected chi connectivity index (χ2v) is 8.16. The lowest BCUT2D eigenvalue weighted by molar-refractivity contribution is -0.116. The molecule has 1 amide bonds. The van der Waals surface area contributed by atoms with Gasteiger partial charge in [-0.1, -0.05) is 78.9 Å². The maximum atomic E-state index is 12.7. The molecule has 3 heteroatoms. The molecule has 4 aromatic rings. The van der Waals surface area contributed by atoms with E-state index in [2.05, 4.69) is 70.9 Å². The van der Waals surface area contributed by atoms with E-state index in [0.717, 1.165) is 29.5 Å². The minimum atomic E-state index is 0.0786. The lowest BCUT2D eigenvalue weighted by Gasteiger charge is -2.23. The van der Waals surface area contributed by atoms with Gasteiger partial charge in [-0.05, 0) is 40.6 Å². The van der Waals surface area contributed by atoms with Crippen molar-refractivity contribution in [3.63, 3.8) is 0 Å². The van der Waals surface area contributed by atoms with E-state index in [9.17, 15) is 4.79 Å². The van der Waals surface area contributed by atoms with Crippen LogP contribution in [0.2, 0.25) is 0 Å². The van der Waals surface area contributed by atoms with Gasteiger partial charge < -0.3 is 5.32 Å². The second-order valence-electron chi connectivity index (χ2n) is 8.16. The SMILES string of the molecule is O=C(CCN(Cc1cccc2ccccc12)C1CC1)Nc1cccc2ccccc12. The molecule has 5 rings (SSSR count). The first kappa shape index (κ1) is 18.8. The first-order valence-corrected chi connectivity index (χ1v) is 10.8. The molecular formula is C27H26N2O. The van der Waals surface area contributed by atoms with Gasteiger partial charge in [0.1, 0.15) is 0 Å². The minimum Gasteiger partial charge on any atom is -0.325 e. The highest BCUT2D eigenvalue weighted by Gasteiger charge is 2.29. The number of hydrogen-bond donors (Lipinski definition) is 1. The Morgan fingerprint density at radius 2 is 1.43 bits per heavy atom. The zero-order chi connectivity index (χ0) is 20.3. The summed E-state index contributed by atoms with van der Waals surface area (Å²) in [6.07, 6.45) is 2.97. The van der Waals surface area contributed by atoms with Crippen LogP contribution < -0.4 is 5.32 Å². The van der Waals surface area contributed by atoms with Crippen molar-refractivity contribution in [3.05, 3.63) is 90.5 Å². The second kappa shape index (κ2) is 8.29. The Kier molecular flexibility index (Phi) is 5.20. The molecule has 1 aliphatic carbocycles. The molecule has 3 nitrogen and oxygen atoms in total. The number of benzene rings is 4. The van der Waals surface area contributed by atoms with Crippen LogP contribution in [-0.2, 0) is 11.3 Å². The van der Waals surface area contributed by atoms with Crippen LogP contribution in [0.1, 0.15) is 24.8 Å². The maximum Gasteiger partial charge on any atom is 0.225 e. The molecule has 4 aromatic carbocycles. The van der Waals surface area contributed by atoms with Gasteiger partial charge in [0.25, 0.3) is 0 Å². The highest BCUT2D eigenvalue weighted by molar-refractivity contribution is 6.02. The first-order valence-electron chi connectivity index (χ1n) is 10.8. The Morgan fingerprint density at radius 1 is 0.800 bits per heavy atom. The largest absolute Gasteiger partial charge is 0.325 e. The van der Waals surface area contributed by atoms with Crippen LogP contribution in [0.25, 0.3) is 21.5 Å². The normalized spacial score (nSPS) is 13.8. The van der Waals surface area contributed by atoms with Crippen molar-refractivity contribution in [1.82, 2.24) is 4.90 Å². The average Bonchev–Trinajstić information content (AvgIpc) is 3.62. The highest BCUT2D eigenvalue weighted by Crippen LogP contribution is 2.30. The summed E-state index contributed by atoms with van der Waals surface area (Å²) in [5.74, 6) is 0.0786. The Balaban J connectivity index is 1.27. The molecule has 150 valence electrons. The third-order valence-corrected chi connectivity index (χ3v) is 6.01. The van der Waals surface area contributed by atoms with Crippen molar-refractivity contribution >= 4 is 33.1 Å². The van der Waals surface area contributed by atoms with Crippen LogP contribution >= 0.6 is 0 Å². The summed E-state index contributed by atoms with van der Waals surface area (Å²) in [6, 6.07) is 29.9. The van der Waals surface area contributed by atoms with Gasteiger partial charge in [-0.15, -0.1) is 0 Å². The number of rotatable bonds is 7. The Bertz CT molecular complexity index is 1190. The maximum absolute atomic E-state index is 12.7. The lowest BCUT2D eigenvalue weighted by Crippen LogP contribution is -2.29. The van der Waals surface area contributed by atoms with Gasteiger partial charge in [0.05, 0.1) is 0 Å². The van der Waals surface area contributed by atoms with Crippen molar-refractivity contribution in [3.8, 4) is 0 Å². The fraction of sp³-hybridized carbons (Fsp3) is 0.222. The molecule has 0 unspecified atom stereocenters. The zero-order valence-corrected chi connectivity index (χ0v) is 17.1. The molecule has 1 N–H and O–H groups in total. The van der Waals surface area contributed by atoms with Crippen LogP contribution in [0, 0.1) is 0 Å². The Labute approximate surface area is 177 Å². The average molecular weight is 395 g/mol. The number of nitrogens with one attached hydrogen (secondary N) is 1. The van der Waals surface area contributed by atoms with Crippen LogP contribution in [-0.4, -0.2) is 23.4 Å². The first-order chi connectivity index (χ1) is 14.8. The molecule has 0 spiro atoms. The van der Waals surface area contributed by atoms with Crippen LogP contribution in [0.15, 0.2) is 84.9 Å². The van der Waals surface area contributed by atoms with E-state index < -0.39 is 0 Å². The molecule has 1 fully saturated rings. The third kappa shape index (κ3) is 4.07. The van der Waals surface area contributed by atoms with Crippen molar-refractivity contribution in [2.75, 3.05) is 11.9 Å². The van der Waals surface area contributed by atoms with Gasteiger partial charge in [-0.25, -0.2) is 0 Å². The quantitative estimate of drug-likeness (QED) is 0.418. The lowest BCUT2D eigenvalue weighted by atomic mass is 10.0. The van der Waals surface area contributed by atoms with Crippen molar-refractivity contribution in [2.45, 2.75) is 31.8 Å². The molecule has 0 radical (unpaired) electrons. The number of hydrogen-bond acceptors (Lipinski definition) is 2. The Hall–Kier alpha value is -3.17. The molecular weight excluding hydrogens is 368 g/mol. The van der Waals surface area contributed by atoms with Crippen LogP contribution in [0.5, 0.6) is 0 Å². The number of amides is 1. The minimum absolute atomic E-state index is 0.0786. The highest BCUT2D eigenvalue weighted by atomic mass is 16.1. The summed E-state index contributed by atoms with van der Waals surface area (Å²) in [4.78, 5) is 15.2. The van der Waals surface area contributed by atoms with Crippen molar-refractivity contribution in [2.24, 2.45) is 0 Å². The fourth-order valence-corrected chi connectivity index (χ4v) is 4.27. The van der Waals surface area contributed by atoms with Gasteiger partial charge in [0.2, 0.25) is 5.91 Å². The van der Waals surface area contributed by atoms with Gasteiger partial charge in [0, 0.05) is 36.6 Å². The van der Waals surface area contributed by atoms with E-state index in [1.54, 1.807) is 0 Å². The molecule has 0 aliphatic heterocycles. The van der Waals surface area contributed by atoms with E-state index in [-0.39, 0.29) is 5.91 Å². The van der Waals surface area contributed by atoms with E-state index >= 15 is 0 Å². The van der Waals surface area contributed by atoms with Gasteiger partial charge in [-0.2, -0.15) is 0 Å². The van der Waals surface area contributed by atoms with Gasteiger partial charge in [0.15, 0.2) is 0 Å². The smallest absolute Gasteiger partial charge is 0.225 e. The van der Waals surface area contributed by atoms with E-state index in [1.807, 2.05) is 24.3 Å². The number of carbonyl (C=O) groups excluding carboxylic acids is 1. The fourth-order valence-electron chi connectivity index (χ4n) is 4.27. The predicted octanol–water partition coefficient (Wildman–Crippen LogP) is 5.99. The molecule has 1 aliphatic rings. The number of carbonyl (C=O) groups is 1. The van der Waals surface area contributed by atoms with E-state index in [0.29, 0.717) is 12.5 Å². The van der Waals surface area contributed by atoms with E-state index in [1.165, 1.54) is 29.2 Å². The number of nitrogens with zero attached hydrogens (tertiary/aromatic N) is 1. The van der Waals surface area contributed by atoms with Gasteiger partial charge >= 0.3 is 0 Å². The molecule has 0 atom stereocenters. The van der Waals surface area contributed by atoms with Crippen LogP contribution in [0.3, 0.4) is 0 Å². The summed E-state index contributed by atoms with van der Waals surface area (Å²) in [6.45, 7) is 1.68. The van der Waals surface area contributed by atoms with E-state index in [4.69, 9.17) is 0 Å². The number of anilines is 1. The Morgan fingerprint density at radius 3 is 2.20 bits per heavy atom. The topological polar surface area (TPSA) is 32.3 Å². The third-order valence-electron chi connectivity index (χ3n) is 6.01. The van der Waals surface area contributed by atoms with Crippen LogP contribution in [0.4, 0.5) is 5.69 Å². The molecule has 0 aromatic heterocycles. The molecule has 0 heterocycles. The monoisotopic (exact) mass is 394 g/mol. The zero-order valence-electron chi connectivity index (χ0n) is 17.1. The number of fused-ring (bicyclic) bond motifs is 2. The van der Waals surface area contributed by atoms with Gasteiger partial charge in [-0.3, -0.25) is 9.69 Å². The van der Waals surface area contributed by atoms with Crippen molar-refractivity contribution < 1.29 is 4.79 Å². The summed E-state index contributed by atoms with van der Waals surface area (Å²) >= 11 is 0. The molecule has 1 saturated carbocycles. The van der Waals surface area contributed by atoms with Crippen molar-refractivity contribution in [1.29, 1.82) is 0 Å². The summed E-state index contributed by atoms with van der Waals surface area (Å²) < 4.78 is 0. The molecule has 30 heavy (non-hydrogen) atoms. The summed E-state index contributed by atoms with van der Waals surface area (Å²) in [5.41, 5.74) is 2.24. The molecule has 0 bridgehead atoms. The summed E-state index contributed by atoms with van der Waals surface area (Å²) in [7, 11) is 0. The molecule has 0 saturated heterocycles. The standard InChI is InChI=1S/C27H26N2O/c30-27(28-26-14-6-10-21-8-2-4-13-25(21)26)17-18-29(23-15-16-23)19-22-11-5-9-20-7-1-3-12-24(20)22/h1-14,23H,15-19H2,(H,28,30).